The summed E-state index contributed by atoms with van der Waals surface area (Å²) in [6.45, 7) is 25.8. The number of benzene rings is 2. The number of carbonyl (C=O) groups is 3. The smallest absolute Gasteiger partial charge is 0.316 e. The number of ketones is 1. The molecule has 230 valence electrons. The van der Waals surface area contributed by atoms with Crippen LogP contribution >= 0.6 is 0 Å². The van der Waals surface area contributed by atoms with Gasteiger partial charge in [-0.2, -0.15) is 0 Å². The van der Waals surface area contributed by atoms with E-state index in [1.165, 1.54) is 6.08 Å². The summed E-state index contributed by atoms with van der Waals surface area (Å²) in [6.07, 6.45) is 3.95. The van der Waals surface area contributed by atoms with Crippen LogP contribution in [0.3, 0.4) is 0 Å². The van der Waals surface area contributed by atoms with Gasteiger partial charge in [0.15, 0.2) is 5.78 Å². The minimum absolute atomic E-state index is 0.253. The maximum Gasteiger partial charge on any atom is 0.316 e. The Hall–Kier alpha value is -3.41. The molecule has 0 aliphatic rings. The van der Waals surface area contributed by atoms with Gasteiger partial charge in [0.25, 0.3) is 0 Å². The lowest BCUT2D eigenvalue weighted by atomic mass is 9.78. The average molecular weight is 579 g/mol. The predicted octanol–water partition coefficient (Wildman–Crippen LogP) is 8.87. The predicted molar refractivity (Wildman–Crippen MR) is 170 cm³/mol. The van der Waals surface area contributed by atoms with Crippen molar-refractivity contribution in [2.75, 3.05) is 6.61 Å². The molecule has 0 N–H and O–H groups in total. The van der Waals surface area contributed by atoms with E-state index in [9.17, 15) is 14.4 Å². The number of rotatable bonds is 8. The maximum atomic E-state index is 13.3. The first-order valence-corrected chi connectivity index (χ1v) is 14.7. The van der Waals surface area contributed by atoms with Crippen LogP contribution in [0, 0.1) is 10.8 Å². The van der Waals surface area contributed by atoms with Crippen molar-refractivity contribution in [1.29, 1.82) is 0 Å². The van der Waals surface area contributed by atoms with Crippen LogP contribution in [0.2, 0.25) is 0 Å². The Balaban J connectivity index is 2.72. The number of hydrogen-bond acceptors (Lipinski definition) is 6. The first-order valence-electron chi connectivity index (χ1n) is 14.7. The van der Waals surface area contributed by atoms with Gasteiger partial charge in [-0.25, -0.2) is 0 Å². The van der Waals surface area contributed by atoms with Crippen LogP contribution < -0.4 is 14.2 Å². The summed E-state index contributed by atoms with van der Waals surface area (Å²) in [5, 5.41) is 0. The largest absolute Gasteiger partial charge is 0.493 e. The SMILES string of the molecule is CCCOc1c(C(C)(C)C)cc(C(C)(C)C)c(OC(=O)C(C)(C)C)c1/C=C/C(=O)c1ccc(OC(=O)C(C)(C)C)cc1. The molecule has 2 aromatic carbocycles. The molecular formula is C36H50O6. The maximum absolute atomic E-state index is 13.3. The summed E-state index contributed by atoms with van der Waals surface area (Å²) < 4.78 is 17.9. The lowest BCUT2D eigenvalue weighted by Crippen LogP contribution is -2.28. The highest BCUT2D eigenvalue weighted by atomic mass is 16.5. The molecule has 6 heteroatoms. The van der Waals surface area contributed by atoms with E-state index in [0.29, 0.717) is 35.0 Å². The van der Waals surface area contributed by atoms with Crippen molar-refractivity contribution in [2.24, 2.45) is 10.8 Å². The van der Waals surface area contributed by atoms with Crippen molar-refractivity contribution in [3.63, 3.8) is 0 Å². The molecule has 0 aliphatic heterocycles. The fourth-order valence-corrected chi connectivity index (χ4v) is 3.85. The van der Waals surface area contributed by atoms with E-state index in [2.05, 4.69) is 47.6 Å². The van der Waals surface area contributed by atoms with Gasteiger partial charge in [-0.1, -0.05) is 48.5 Å². The quantitative estimate of drug-likeness (QED) is 0.135. The van der Waals surface area contributed by atoms with Gasteiger partial charge in [-0.05, 0) is 101 Å². The van der Waals surface area contributed by atoms with Gasteiger partial charge in [-0.3, -0.25) is 14.4 Å². The third-order valence-electron chi connectivity index (χ3n) is 6.50. The van der Waals surface area contributed by atoms with E-state index < -0.39 is 10.8 Å². The van der Waals surface area contributed by atoms with Gasteiger partial charge < -0.3 is 14.2 Å². The van der Waals surface area contributed by atoms with Gasteiger partial charge >= 0.3 is 11.9 Å². The number of allylic oxidation sites excluding steroid dienone is 1. The summed E-state index contributed by atoms with van der Waals surface area (Å²) in [5.41, 5.74) is 0.760. The molecule has 42 heavy (non-hydrogen) atoms. The first-order chi connectivity index (χ1) is 19.1. The monoisotopic (exact) mass is 578 g/mol. The molecule has 0 atom stereocenters. The Labute approximate surface area is 252 Å². The molecule has 0 radical (unpaired) electrons. The first kappa shape index (κ1) is 34.8. The molecule has 2 rings (SSSR count). The zero-order valence-corrected chi connectivity index (χ0v) is 27.9. The van der Waals surface area contributed by atoms with E-state index in [0.717, 1.165) is 17.5 Å². The van der Waals surface area contributed by atoms with E-state index in [1.807, 2.05) is 27.7 Å². The Morgan fingerprint density at radius 2 is 1.17 bits per heavy atom. The van der Waals surface area contributed by atoms with Crippen LogP contribution in [0.15, 0.2) is 36.4 Å². The Morgan fingerprint density at radius 3 is 1.62 bits per heavy atom. The third kappa shape index (κ3) is 9.04. The second-order valence-electron chi connectivity index (χ2n) is 14.9. The molecule has 0 saturated heterocycles. The molecule has 0 heterocycles. The minimum Gasteiger partial charge on any atom is -0.493 e. The average Bonchev–Trinajstić information content (AvgIpc) is 2.84. The lowest BCUT2D eigenvalue weighted by Gasteiger charge is -2.32. The lowest BCUT2D eigenvalue weighted by molar-refractivity contribution is -0.143. The van der Waals surface area contributed by atoms with Crippen molar-refractivity contribution in [3.8, 4) is 17.2 Å². The van der Waals surface area contributed by atoms with E-state index in [1.54, 1.807) is 51.1 Å². The fourth-order valence-electron chi connectivity index (χ4n) is 3.85. The molecule has 0 aliphatic carbocycles. The second-order valence-corrected chi connectivity index (χ2v) is 14.9. The van der Waals surface area contributed by atoms with E-state index in [-0.39, 0.29) is 28.6 Å². The van der Waals surface area contributed by atoms with Gasteiger partial charge in [0.1, 0.15) is 17.2 Å². The zero-order chi connectivity index (χ0) is 32.3. The van der Waals surface area contributed by atoms with Crippen molar-refractivity contribution >= 4 is 23.8 Å². The molecule has 0 aromatic heterocycles. The zero-order valence-electron chi connectivity index (χ0n) is 27.9. The normalized spacial score (nSPS) is 12.8. The molecule has 0 saturated carbocycles. The molecule has 0 unspecified atom stereocenters. The molecule has 0 fully saturated rings. The molecule has 2 aromatic rings. The summed E-state index contributed by atoms with van der Waals surface area (Å²) in [6, 6.07) is 8.54. The molecule has 0 bridgehead atoms. The second kappa shape index (κ2) is 12.8. The Kier molecular flexibility index (Phi) is 10.6. The number of ether oxygens (including phenoxy) is 3. The van der Waals surface area contributed by atoms with Gasteiger partial charge in [0.2, 0.25) is 0 Å². The molecular weight excluding hydrogens is 528 g/mol. The van der Waals surface area contributed by atoms with Crippen LogP contribution in [0.25, 0.3) is 6.08 Å². The highest BCUT2D eigenvalue weighted by Crippen LogP contribution is 2.46. The van der Waals surface area contributed by atoms with Crippen molar-refractivity contribution in [2.45, 2.75) is 107 Å². The summed E-state index contributed by atoms with van der Waals surface area (Å²) in [7, 11) is 0. The Morgan fingerprint density at radius 1 is 0.690 bits per heavy atom. The van der Waals surface area contributed by atoms with Crippen LogP contribution in [-0.2, 0) is 20.4 Å². The highest BCUT2D eigenvalue weighted by molar-refractivity contribution is 6.07. The van der Waals surface area contributed by atoms with E-state index >= 15 is 0 Å². The third-order valence-corrected chi connectivity index (χ3v) is 6.50. The highest BCUT2D eigenvalue weighted by Gasteiger charge is 2.33. The fraction of sp³-hybridized carbons (Fsp3) is 0.528. The molecule has 0 amide bonds. The van der Waals surface area contributed by atoms with Gasteiger partial charge in [0, 0.05) is 16.7 Å². The van der Waals surface area contributed by atoms with Gasteiger partial charge in [-0.15, -0.1) is 0 Å². The van der Waals surface area contributed by atoms with Crippen LogP contribution in [0.5, 0.6) is 17.2 Å². The van der Waals surface area contributed by atoms with Gasteiger partial charge in [0.05, 0.1) is 23.0 Å². The molecule has 6 nitrogen and oxygen atoms in total. The summed E-state index contributed by atoms with van der Waals surface area (Å²) in [5.74, 6) is 0.384. The number of esters is 2. The van der Waals surface area contributed by atoms with Crippen LogP contribution in [0.1, 0.15) is 123 Å². The van der Waals surface area contributed by atoms with Crippen molar-refractivity contribution < 1.29 is 28.6 Å². The van der Waals surface area contributed by atoms with Crippen molar-refractivity contribution in [1.82, 2.24) is 0 Å². The van der Waals surface area contributed by atoms with Crippen LogP contribution in [-0.4, -0.2) is 24.3 Å². The number of carbonyl (C=O) groups excluding carboxylic acids is 3. The molecule has 0 spiro atoms. The summed E-state index contributed by atoms with van der Waals surface area (Å²) >= 11 is 0. The number of hydrogen-bond donors (Lipinski definition) is 0. The summed E-state index contributed by atoms with van der Waals surface area (Å²) in [4.78, 5) is 38.8. The van der Waals surface area contributed by atoms with Crippen molar-refractivity contribution in [3.05, 3.63) is 58.7 Å². The minimum atomic E-state index is -0.739. The Bertz CT molecular complexity index is 1320. The standard InChI is InChI=1S/C36H50O6/c1-14-21-40-29-25(19-20-28(37)23-15-17-24(18-16-23)41-31(38)35(8,9)10)30(42-32(39)36(11,12)13)27(34(5,6)7)22-26(29)33(2,3)4/h15-20,22H,14,21H2,1-13H3/b20-19+. The van der Waals surface area contributed by atoms with E-state index in [4.69, 9.17) is 14.2 Å². The topological polar surface area (TPSA) is 78.9 Å². The van der Waals surface area contributed by atoms with Crippen LogP contribution in [0.4, 0.5) is 0 Å².